The van der Waals surface area contributed by atoms with E-state index in [9.17, 15) is 9.90 Å². The molecule has 0 aromatic heterocycles. The molecule has 174 valence electrons. The van der Waals surface area contributed by atoms with E-state index in [0.29, 0.717) is 12.5 Å². The number of rotatable bonds is 3. The number of allylic oxidation sites excluding steroid dienone is 1. The molecule has 0 radical (unpaired) electrons. The molecule has 2 saturated heterocycles. The Hall–Kier alpha value is -1.85. The first kappa shape index (κ1) is 22.0. The SMILES string of the molecule is Cc1ccc(N2CCN(C[C@@H]3C(=O)O[C@@H]4CC5=CCC[C@H](C)[C@@]5(C)[C@@H](O)[C@@H]34)CC2)cc1C. The third kappa shape index (κ3) is 3.49. The number of benzene rings is 1. The number of aryl methyl sites for hydroxylation is 2. The molecule has 1 aromatic carbocycles. The van der Waals surface area contributed by atoms with E-state index in [-0.39, 0.29) is 29.3 Å². The van der Waals surface area contributed by atoms with Crippen molar-refractivity contribution in [2.75, 3.05) is 37.6 Å². The molecule has 2 aliphatic carbocycles. The van der Waals surface area contributed by atoms with Gasteiger partial charge in [0.25, 0.3) is 0 Å². The number of aliphatic hydroxyl groups is 1. The molecule has 5 nitrogen and oxygen atoms in total. The van der Waals surface area contributed by atoms with E-state index in [1.807, 2.05) is 0 Å². The monoisotopic (exact) mass is 438 g/mol. The van der Waals surface area contributed by atoms with E-state index >= 15 is 0 Å². The van der Waals surface area contributed by atoms with E-state index in [0.717, 1.165) is 45.4 Å². The van der Waals surface area contributed by atoms with E-state index < -0.39 is 6.10 Å². The van der Waals surface area contributed by atoms with Crippen molar-refractivity contribution in [1.29, 1.82) is 0 Å². The number of hydrogen-bond donors (Lipinski definition) is 1. The first-order valence-electron chi connectivity index (χ1n) is 12.4. The van der Waals surface area contributed by atoms with Crippen molar-refractivity contribution in [3.8, 4) is 0 Å². The van der Waals surface area contributed by atoms with Gasteiger partial charge in [-0.1, -0.05) is 31.6 Å². The quantitative estimate of drug-likeness (QED) is 0.576. The van der Waals surface area contributed by atoms with Crippen LogP contribution in [-0.4, -0.2) is 60.9 Å². The van der Waals surface area contributed by atoms with Crippen molar-refractivity contribution in [1.82, 2.24) is 4.90 Å². The minimum absolute atomic E-state index is 0.0945. The van der Waals surface area contributed by atoms with Crippen molar-refractivity contribution in [2.45, 2.75) is 59.2 Å². The summed E-state index contributed by atoms with van der Waals surface area (Å²) in [7, 11) is 0. The Morgan fingerprint density at radius 2 is 1.91 bits per heavy atom. The molecule has 3 fully saturated rings. The minimum atomic E-state index is -0.518. The van der Waals surface area contributed by atoms with Crippen LogP contribution in [0.25, 0.3) is 0 Å². The van der Waals surface area contributed by atoms with Crippen molar-refractivity contribution in [3.05, 3.63) is 41.0 Å². The highest BCUT2D eigenvalue weighted by Gasteiger charge is 2.59. The first-order chi connectivity index (χ1) is 15.3. The van der Waals surface area contributed by atoms with Crippen LogP contribution >= 0.6 is 0 Å². The van der Waals surface area contributed by atoms with Crippen LogP contribution in [0, 0.1) is 37.0 Å². The smallest absolute Gasteiger partial charge is 0.311 e. The van der Waals surface area contributed by atoms with Crippen molar-refractivity contribution < 1.29 is 14.6 Å². The molecule has 4 aliphatic rings. The Morgan fingerprint density at radius 3 is 2.62 bits per heavy atom. The maximum atomic E-state index is 12.9. The summed E-state index contributed by atoms with van der Waals surface area (Å²) in [5.74, 6) is 0.00102. The predicted octanol–water partition coefficient (Wildman–Crippen LogP) is 3.71. The minimum Gasteiger partial charge on any atom is -0.461 e. The van der Waals surface area contributed by atoms with Gasteiger partial charge in [-0.25, -0.2) is 0 Å². The number of aliphatic hydroxyl groups excluding tert-OH is 1. The van der Waals surface area contributed by atoms with Crippen LogP contribution in [0.2, 0.25) is 0 Å². The van der Waals surface area contributed by atoms with Gasteiger partial charge in [0, 0.05) is 56.2 Å². The number of esters is 1. The molecule has 1 saturated carbocycles. The summed E-state index contributed by atoms with van der Waals surface area (Å²) in [5, 5.41) is 11.6. The van der Waals surface area contributed by atoms with Crippen LogP contribution in [0.4, 0.5) is 5.69 Å². The lowest BCUT2D eigenvalue weighted by molar-refractivity contribution is -0.145. The summed E-state index contributed by atoms with van der Waals surface area (Å²) < 4.78 is 5.86. The number of anilines is 1. The third-order valence-corrected chi connectivity index (χ3v) is 9.25. The standard InChI is InChI=1S/C27H38N2O3/c1-17-8-9-21(14-18(17)2)29-12-10-28(11-13-29)16-22-24-23(32-26(22)31)15-20-7-5-6-19(3)27(20,4)25(24)30/h7-9,14,19,22-25,30H,5-6,10-13,15-16H2,1-4H3/t19-,22-,23+,24-,25-,27+/m0/s1. The lowest BCUT2D eigenvalue weighted by Gasteiger charge is -2.52. The zero-order chi connectivity index (χ0) is 22.6. The second-order valence-corrected chi connectivity index (χ2v) is 10.9. The van der Waals surface area contributed by atoms with Gasteiger partial charge in [0.05, 0.1) is 12.0 Å². The Labute approximate surface area is 192 Å². The Kier molecular flexibility index (Phi) is 5.61. The zero-order valence-corrected chi connectivity index (χ0v) is 20.0. The number of ether oxygens (including phenoxy) is 1. The van der Waals surface area contributed by atoms with Crippen LogP contribution in [0.3, 0.4) is 0 Å². The molecule has 2 aliphatic heterocycles. The number of carbonyl (C=O) groups is 1. The van der Waals surface area contributed by atoms with E-state index in [4.69, 9.17) is 4.74 Å². The molecule has 0 amide bonds. The van der Waals surface area contributed by atoms with E-state index in [1.54, 1.807) is 0 Å². The van der Waals surface area contributed by atoms with Crippen molar-refractivity contribution in [2.24, 2.45) is 23.2 Å². The fourth-order valence-corrected chi connectivity index (χ4v) is 6.66. The molecule has 0 spiro atoms. The summed E-state index contributed by atoms with van der Waals surface area (Å²) >= 11 is 0. The number of piperazine rings is 1. The molecular formula is C27H38N2O3. The highest BCUT2D eigenvalue weighted by molar-refractivity contribution is 5.76. The number of fused-ring (bicyclic) bond motifs is 2. The number of carbonyl (C=O) groups excluding carboxylic acids is 1. The van der Waals surface area contributed by atoms with Gasteiger partial charge in [-0.2, -0.15) is 0 Å². The Balaban J connectivity index is 1.27. The molecule has 32 heavy (non-hydrogen) atoms. The molecule has 5 rings (SSSR count). The molecule has 0 bridgehead atoms. The molecule has 1 aromatic rings. The van der Waals surface area contributed by atoms with Gasteiger partial charge in [-0.05, 0) is 55.9 Å². The molecule has 5 heteroatoms. The van der Waals surface area contributed by atoms with Gasteiger partial charge in [0.2, 0.25) is 0 Å². The zero-order valence-electron chi connectivity index (χ0n) is 20.0. The van der Waals surface area contributed by atoms with Crippen LogP contribution < -0.4 is 4.90 Å². The maximum Gasteiger partial charge on any atom is 0.311 e. The van der Waals surface area contributed by atoms with Gasteiger partial charge >= 0.3 is 5.97 Å². The van der Waals surface area contributed by atoms with Crippen LogP contribution in [0.15, 0.2) is 29.8 Å². The number of hydrogen-bond acceptors (Lipinski definition) is 5. The maximum absolute atomic E-state index is 12.9. The van der Waals surface area contributed by atoms with Crippen LogP contribution in [-0.2, 0) is 9.53 Å². The Bertz CT molecular complexity index is 919. The molecule has 6 atom stereocenters. The average molecular weight is 439 g/mol. The fourth-order valence-electron chi connectivity index (χ4n) is 6.66. The normalized spacial score (nSPS) is 37.5. The summed E-state index contributed by atoms with van der Waals surface area (Å²) in [4.78, 5) is 17.8. The van der Waals surface area contributed by atoms with Gasteiger partial charge < -0.3 is 14.7 Å². The Morgan fingerprint density at radius 1 is 1.16 bits per heavy atom. The lowest BCUT2D eigenvalue weighted by Crippen LogP contribution is -2.55. The second kappa shape index (κ2) is 8.18. The van der Waals surface area contributed by atoms with E-state index in [1.165, 1.54) is 22.4 Å². The highest BCUT2D eigenvalue weighted by atomic mass is 16.6. The highest BCUT2D eigenvalue weighted by Crippen LogP contribution is 2.56. The van der Waals surface area contributed by atoms with Gasteiger partial charge in [-0.3, -0.25) is 9.69 Å². The second-order valence-electron chi connectivity index (χ2n) is 10.9. The average Bonchev–Trinajstić information content (AvgIpc) is 3.08. The predicted molar refractivity (Wildman–Crippen MR) is 127 cm³/mol. The summed E-state index contributed by atoms with van der Waals surface area (Å²) in [5.41, 5.74) is 5.02. The largest absolute Gasteiger partial charge is 0.461 e. The van der Waals surface area contributed by atoms with Crippen molar-refractivity contribution in [3.63, 3.8) is 0 Å². The molecule has 2 heterocycles. The van der Waals surface area contributed by atoms with Gasteiger partial charge in [-0.15, -0.1) is 0 Å². The molecule has 0 unspecified atom stereocenters. The van der Waals surface area contributed by atoms with Crippen LogP contribution in [0.1, 0.15) is 44.2 Å². The summed E-state index contributed by atoms with van der Waals surface area (Å²) in [6.07, 6.45) is 4.59. The van der Waals surface area contributed by atoms with Gasteiger partial charge in [0.15, 0.2) is 0 Å². The molecular weight excluding hydrogens is 400 g/mol. The van der Waals surface area contributed by atoms with Gasteiger partial charge in [0.1, 0.15) is 6.10 Å². The third-order valence-electron chi connectivity index (χ3n) is 9.25. The topological polar surface area (TPSA) is 53.0 Å². The lowest BCUT2D eigenvalue weighted by atomic mass is 9.55. The van der Waals surface area contributed by atoms with E-state index in [2.05, 4.69) is 61.8 Å². The number of nitrogens with zero attached hydrogens (tertiary/aromatic N) is 2. The fraction of sp³-hybridized carbons (Fsp3) is 0.667. The first-order valence-corrected chi connectivity index (χ1v) is 12.4. The summed E-state index contributed by atoms with van der Waals surface area (Å²) in [6, 6.07) is 6.69. The summed E-state index contributed by atoms with van der Waals surface area (Å²) in [6.45, 7) is 13.3. The van der Waals surface area contributed by atoms with Crippen LogP contribution in [0.5, 0.6) is 0 Å². The van der Waals surface area contributed by atoms with Crippen molar-refractivity contribution >= 4 is 11.7 Å². The molecule has 1 N–H and O–H groups in total.